The van der Waals surface area contributed by atoms with Crippen LogP contribution in [0.5, 0.6) is 0 Å². The number of anilines is 2. The maximum Gasteiger partial charge on any atom is 0.224 e. The van der Waals surface area contributed by atoms with Gasteiger partial charge in [-0.15, -0.1) is 0 Å². The van der Waals surface area contributed by atoms with Gasteiger partial charge in [-0.1, -0.05) is 0 Å². The van der Waals surface area contributed by atoms with E-state index in [1.165, 1.54) is 0 Å². The van der Waals surface area contributed by atoms with Gasteiger partial charge in [0.05, 0.1) is 6.54 Å². The number of carbonyl (C=O) groups is 2. The van der Waals surface area contributed by atoms with E-state index >= 15 is 0 Å². The number of benzene rings is 1. The van der Waals surface area contributed by atoms with E-state index in [0.717, 1.165) is 29.6 Å². The van der Waals surface area contributed by atoms with E-state index in [0.29, 0.717) is 13.0 Å². The second-order valence-electron chi connectivity index (χ2n) is 3.47. The van der Waals surface area contributed by atoms with Crippen LogP contribution in [0.3, 0.4) is 0 Å². The molecule has 0 aromatic heterocycles. The average Bonchev–Trinajstić information content (AvgIpc) is 2.26. The highest BCUT2D eigenvalue weighted by Crippen LogP contribution is 2.25. The van der Waals surface area contributed by atoms with E-state index in [1.807, 2.05) is 18.2 Å². The molecule has 0 radical (unpaired) electrons. The van der Waals surface area contributed by atoms with Crippen LogP contribution in [0.2, 0.25) is 0 Å². The fourth-order valence-corrected chi connectivity index (χ4v) is 1.65. The van der Waals surface area contributed by atoms with E-state index in [1.54, 1.807) is 0 Å². The fraction of sp³-hybridized carbons (Fsp3) is 0.273. The highest BCUT2D eigenvalue weighted by Gasteiger charge is 2.14. The summed E-state index contributed by atoms with van der Waals surface area (Å²) in [6, 6.07) is 5.69. The molecular weight excluding hydrogens is 192 g/mol. The zero-order valence-electron chi connectivity index (χ0n) is 8.25. The molecule has 78 valence electrons. The molecule has 0 fully saturated rings. The summed E-state index contributed by atoms with van der Waals surface area (Å²) in [7, 11) is 0. The van der Waals surface area contributed by atoms with Gasteiger partial charge < -0.3 is 15.4 Å². The number of amides is 1. The van der Waals surface area contributed by atoms with Gasteiger partial charge in [-0.05, 0) is 30.2 Å². The summed E-state index contributed by atoms with van der Waals surface area (Å²) in [5.74, 6) is 0.0658. The van der Waals surface area contributed by atoms with Gasteiger partial charge >= 0.3 is 0 Å². The number of aldehydes is 1. The SMILES string of the molecule is O=CCNc1ccc2c(c1)CCC(=O)N2. The smallest absolute Gasteiger partial charge is 0.224 e. The fourth-order valence-electron chi connectivity index (χ4n) is 1.65. The summed E-state index contributed by atoms with van der Waals surface area (Å²) in [6.07, 6.45) is 2.11. The van der Waals surface area contributed by atoms with Crippen molar-refractivity contribution in [2.45, 2.75) is 12.8 Å². The summed E-state index contributed by atoms with van der Waals surface area (Å²) in [4.78, 5) is 21.3. The zero-order chi connectivity index (χ0) is 10.7. The summed E-state index contributed by atoms with van der Waals surface area (Å²) in [5, 5.41) is 5.78. The van der Waals surface area contributed by atoms with E-state index in [9.17, 15) is 9.59 Å². The zero-order valence-corrected chi connectivity index (χ0v) is 8.25. The number of hydrogen-bond acceptors (Lipinski definition) is 3. The summed E-state index contributed by atoms with van der Waals surface area (Å²) < 4.78 is 0. The Morgan fingerprint density at radius 2 is 2.27 bits per heavy atom. The van der Waals surface area contributed by atoms with Gasteiger partial charge in [-0.25, -0.2) is 0 Å². The predicted octanol–water partition coefficient (Wildman–Crippen LogP) is 1.18. The normalized spacial score (nSPS) is 14.0. The lowest BCUT2D eigenvalue weighted by atomic mass is 10.0. The Morgan fingerprint density at radius 1 is 1.40 bits per heavy atom. The molecule has 0 saturated heterocycles. The van der Waals surface area contributed by atoms with Crippen LogP contribution in [0.1, 0.15) is 12.0 Å². The van der Waals surface area contributed by atoms with Gasteiger partial charge in [0.25, 0.3) is 0 Å². The van der Waals surface area contributed by atoms with Gasteiger partial charge in [-0.2, -0.15) is 0 Å². The Bertz CT molecular complexity index is 402. The Hall–Kier alpha value is -1.84. The second-order valence-corrected chi connectivity index (χ2v) is 3.47. The monoisotopic (exact) mass is 204 g/mol. The lowest BCUT2D eigenvalue weighted by Crippen LogP contribution is -2.19. The molecule has 0 atom stereocenters. The Kier molecular flexibility index (Phi) is 2.67. The van der Waals surface area contributed by atoms with Crippen LogP contribution in [0.15, 0.2) is 18.2 Å². The first-order valence-corrected chi connectivity index (χ1v) is 4.90. The first-order valence-electron chi connectivity index (χ1n) is 4.90. The third kappa shape index (κ3) is 2.15. The largest absolute Gasteiger partial charge is 0.378 e. The lowest BCUT2D eigenvalue weighted by Gasteiger charge is -2.17. The van der Waals surface area contributed by atoms with Crippen molar-refractivity contribution >= 4 is 23.6 Å². The van der Waals surface area contributed by atoms with Crippen molar-refractivity contribution in [1.29, 1.82) is 0 Å². The number of hydrogen-bond donors (Lipinski definition) is 2. The van der Waals surface area contributed by atoms with Crippen LogP contribution < -0.4 is 10.6 Å². The molecule has 2 rings (SSSR count). The molecule has 4 heteroatoms. The lowest BCUT2D eigenvalue weighted by molar-refractivity contribution is -0.116. The van der Waals surface area contributed by atoms with Crippen molar-refractivity contribution in [2.75, 3.05) is 17.2 Å². The second kappa shape index (κ2) is 4.13. The van der Waals surface area contributed by atoms with Crippen LogP contribution in [0, 0.1) is 0 Å². The molecule has 1 aromatic carbocycles. The topological polar surface area (TPSA) is 58.2 Å². The third-order valence-corrected chi connectivity index (χ3v) is 2.39. The van der Waals surface area contributed by atoms with Crippen LogP contribution in [-0.2, 0) is 16.0 Å². The van der Waals surface area contributed by atoms with E-state index in [2.05, 4.69) is 10.6 Å². The maximum atomic E-state index is 11.1. The van der Waals surface area contributed by atoms with Gasteiger partial charge in [0, 0.05) is 17.8 Å². The minimum atomic E-state index is 0.0658. The molecule has 15 heavy (non-hydrogen) atoms. The molecule has 1 aliphatic heterocycles. The molecule has 1 aliphatic rings. The molecule has 1 aromatic rings. The standard InChI is InChI=1S/C11H12N2O2/c14-6-5-12-9-2-3-10-8(7-9)1-4-11(15)13-10/h2-3,6-7,12H,1,4-5H2,(H,13,15). The van der Waals surface area contributed by atoms with Crippen molar-refractivity contribution in [1.82, 2.24) is 0 Å². The maximum absolute atomic E-state index is 11.1. The first kappa shape index (κ1) is 9.71. The molecule has 0 saturated carbocycles. The quantitative estimate of drug-likeness (QED) is 0.727. The van der Waals surface area contributed by atoms with Crippen LogP contribution in [0.25, 0.3) is 0 Å². The molecule has 0 spiro atoms. The summed E-state index contributed by atoms with van der Waals surface area (Å²) >= 11 is 0. The Balaban J connectivity index is 2.19. The van der Waals surface area contributed by atoms with Gasteiger partial charge in [0.15, 0.2) is 0 Å². The van der Waals surface area contributed by atoms with Crippen molar-refractivity contribution in [3.8, 4) is 0 Å². The number of rotatable bonds is 3. The van der Waals surface area contributed by atoms with Gasteiger partial charge in [-0.3, -0.25) is 4.79 Å². The van der Waals surface area contributed by atoms with E-state index in [-0.39, 0.29) is 5.91 Å². The molecule has 2 N–H and O–H groups in total. The molecule has 0 unspecified atom stereocenters. The molecule has 1 amide bonds. The van der Waals surface area contributed by atoms with Crippen LogP contribution in [-0.4, -0.2) is 18.7 Å². The van der Waals surface area contributed by atoms with Crippen molar-refractivity contribution in [2.24, 2.45) is 0 Å². The first-order chi connectivity index (χ1) is 7.29. The third-order valence-electron chi connectivity index (χ3n) is 2.39. The van der Waals surface area contributed by atoms with Gasteiger partial charge in [0.2, 0.25) is 5.91 Å². The highest BCUT2D eigenvalue weighted by atomic mass is 16.1. The Labute approximate surface area is 87.7 Å². The molecule has 1 heterocycles. The van der Waals surface area contributed by atoms with Crippen molar-refractivity contribution in [3.05, 3.63) is 23.8 Å². The molecule has 4 nitrogen and oxygen atoms in total. The molecular formula is C11H12N2O2. The number of nitrogens with one attached hydrogen (secondary N) is 2. The minimum Gasteiger partial charge on any atom is -0.378 e. The van der Waals surface area contributed by atoms with Crippen molar-refractivity contribution in [3.63, 3.8) is 0 Å². The highest BCUT2D eigenvalue weighted by molar-refractivity contribution is 5.94. The summed E-state index contributed by atoms with van der Waals surface area (Å²) in [6.45, 7) is 0.311. The molecule has 0 aliphatic carbocycles. The number of carbonyl (C=O) groups excluding carboxylic acids is 2. The number of fused-ring (bicyclic) bond motifs is 1. The van der Waals surface area contributed by atoms with Crippen molar-refractivity contribution < 1.29 is 9.59 Å². The summed E-state index contributed by atoms with van der Waals surface area (Å²) in [5.41, 5.74) is 2.91. The predicted molar refractivity (Wildman–Crippen MR) is 57.9 cm³/mol. The van der Waals surface area contributed by atoms with E-state index in [4.69, 9.17) is 0 Å². The number of aryl methyl sites for hydroxylation is 1. The van der Waals surface area contributed by atoms with Crippen LogP contribution >= 0.6 is 0 Å². The van der Waals surface area contributed by atoms with E-state index < -0.39 is 0 Å². The molecule has 0 bridgehead atoms. The van der Waals surface area contributed by atoms with Crippen LogP contribution in [0.4, 0.5) is 11.4 Å². The van der Waals surface area contributed by atoms with Gasteiger partial charge in [0.1, 0.15) is 6.29 Å². The average molecular weight is 204 g/mol. The Morgan fingerprint density at radius 3 is 3.07 bits per heavy atom. The minimum absolute atomic E-state index is 0.0658.